The molecule has 0 spiro atoms. The Hall–Kier alpha value is -1.10. The SMILES string of the molecule is CC(C)N(CCBr)c1nccc2c1ncn2C. The van der Waals surface area contributed by atoms with Gasteiger partial charge < -0.3 is 9.47 Å². The standard InChI is InChI=1S/C12H17BrN4/c1-9(2)17(7-5-13)12-11-10(4-6-14-12)16(3)8-15-11/h4,6,8-9H,5,7H2,1-3H3. The number of alkyl halides is 1. The summed E-state index contributed by atoms with van der Waals surface area (Å²) in [7, 11) is 2.00. The van der Waals surface area contributed by atoms with E-state index in [2.05, 4.69) is 44.6 Å². The molecule has 0 amide bonds. The normalized spacial score (nSPS) is 11.4. The molecule has 0 radical (unpaired) electrons. The van der Waals surface area contributed by atoms with Crippen LogP contribution in [0.3, 0.4) is 0 Å². The van der Waals surface area contributed by atoms with E-state index in [1.807, 2.05) is 30.2 Å². The first kappa shape index (κ1) is 12.4. The van der Waals surface area contributed by atoms with Gasteiger partial charge in [0.2, 0.25) is 0 Å². The summed E-state index contributed by atoms with van der Waals surface area (Å²) in [6, 6.07) is 2.41. The molecule has 0 bridgehead atoms. The number of rotatable bonds is 4. The lowest BCUT2D eigenvalue weighted by Gasteiger charge is -2.27. The maximum Gasteiger partial charge on any atom is 0.157 e. The van der Waals surface area contributed by atoms with E-state index in [1.54, 1.807) is 0 Å². The number of anilines is 1. The first-order chi connectivity index (χ1) is 8.15. The number of fused-ring (bicyclic) bond motifs is 1. The predicted octanol–water partition coefficient (Wildman–Crippen LogP) is 2.58. The molecule has 2 aromatic rings. The number of aryl methyl sites for hydroxylation is 1. The van der Waals surface area contributed by atoms with Gasteiger partial charge in [-0.2, -0.15) is 0 Å². The van der Waals surface area contributed by atoms with Gasteiger partial charge in [-0.1, -0.05) is 15.9 Å². The molecule has 92 valence electrons. The van der Waals surface area contributed by atoms with Crippen LogP contribution in [0.1, 0.15) is 13.8 Å². The van der Waals surface area contributed by atoms with Gasteiger partial charge in [0.1, 0.15) is 5.52 Å². The van der Waals surface area contributed by atoms with E-state index in [-0.39, 0.29) is 0 Å². The first-order valence-electron chi connectivity index (χ1n) is 5.73. The average molecular weight is 297 g/mol. The molecule has 0 saturated heterocycles. The van der Waals surface area contributed by atoms with Crippen LogP contribution < -0.4 is 4.90 Å². The van der Waals surface area contributed by atoms with E-state index >= 15 is 0 Å². The number of halogens is 1. The average Bonchev–Trinajstić information content (AvgIpc) is 2.68. The summed E-state index contributed by atoms with van der Waals surface area (Å²) in [5, 5.41) is 0.927. The maximum atomic E-state index is 4.49. The number of hydrogen-bond acceptors (Lipinski definition) is 3. The molecule has 0 aliphatic rings. The third kappa shape index (κ3) is 2.29. The second-order valence-electron chi connectivity index (χ2n) is 4.33. The van der Waals surface area contributed by atoms with Crippen LogP contribution in [0.5, 0.6) is 0 Å². The summed E-state index contributed by atoms with van der Waals surface area (Å²) >= 11 is 3.49. The van der Waals surface area contributed by atoms with Crippen molar-refractivity contribution in [2.75, 3.05) is 16.8 Å². The maximum absolute atomic E-state index is 4.49. The van der Waals surface area contributed by atoms with Crippen molar-refractivity contribution >= 4 is 32.8 Å². The Morgan fingerprint density at radius 2 is 2.18 bits per heavy atom. The van der Waals surface area contributed by atoms with Crippen LogP contribution in [-0.2, 0) is 7.05 Å². The minimum absolute atomic E-state index is 0.410. The van der Waals surface area contributed by atoms with Crippen molar-refractivity contribution in [1.29, 1.82) is 0 Å². The molecular formula is C12H17BrN4. The fourth-order valence-corrected chi connectivity index (χ4v) is 2.34. The van der Waals surface area contributed by atoms with Gasteiger partial charge in [-0.05, 0) is 19.9 Å². The Labute approximate surface area is 110 Å². The van der Waals surface area contributed by atoms with Crippen LogP contribution in [0.15, 0.2) is 18.6 Å². The highest BCUT2D eigenvalue weighted by Crippen LogP contribution is 2.24. The van der Waals surface area contributed by atoms with Crippen molar-refractivity contribution in [2.24, 2.45) is 7.05 Å². The Balaban J connectivity index is 2.52. The monoisotopic (exact) mass is 296 g/mol. The van der Waals surface area contributed by atoms with Gasteiger partial charge >= 0.3 is 0 Å². The van der Waals surface area contributed by atoms with Gasteiger partial charge in [-0.15, -0.1) is 0 Å². The molecule has 0 saturated carbocycles. The second kappa shape index (κ2) is 5.04. The number of nitrogens with zero attached hydrogens (tertiary/aromatic N) is 4. The molecule has 0 fully saturated rings. The van der Waals surface area contributed by atoms with Crippen molar-refractivity contribution in [3.05, 3.63) is 18.6 Å². The van der Waals surface area contributed by atoms with Crippen molar-refractivity contribution < 1.29 is 0 Å². The second-order valence-corrected chi connectivity index (χ2v) is 5.13. The molecule has 0 N–H and O–H groups in total. The Morgan fingerprint density at radius 3 is 2.82 bits per heavy atom. The minimum atomic E-state index is 0.410. The molecule has 17 heavy (non-hydrogen) atoms. The smallest absolute Gasteiger partial charge is 0.157 e. The van der Waals surface area contributed by atoms with Crippen molar-refractivity contribution in [3.63, 3.8) is 0 Å². The van der Waals surface area contributed by atoms with E-state index in [4.69, 9.17) is 0 Å². The van der Waals surface area contributed by atoms with Crippen LogP contribution in [0, 0.1) is 0 Å². The lowest BCUT2D eigenvalue weighted by molar-refractivity contribution is 0.700. The predicted molar refractivity (Wildman–Crippen MR) is 74.8 cm³/mol. The zero-order valence-corrected chi connectivity index (χ0v) is 12.0. The van der Waals surface area contributed by atoms with E-state index in [9.17, 15) is 0 Å². The van der Waals surface area contributed by atoms with E-state index in [0.29, 0.717) is 6.04 Å². The van der Waals surface area contributed by atoms with Crippen LogP contribution in [0.2, 0.25) is 0 Å². The number of pyridine rings is 1. The number of aromatic nitrogens is 3. The molecule has 0 unspecified atom stereocenters. The number of imidazole rings is 1. The van der Waals surface area contributed by atoms with Gasteiger partial charge in [0, 0.05) is 31.2 Å². The summed E-state index contributed by atoms with van der Waals surface area (Å²) in [6.45, 7) is 5.28. The summed E-state index contributed by atoms with van der Waals surface area (Å²) < 4.78 is 2.02. The first-order valence-corrected chi connectivity index (χ1v) is 6.86. The fourth-order valence-electron chi connectivity index (χ4n) is 1.96. The highest BCUT2D eigenvalue weighted by atomic mass is 79.9. The minimum Gasteiger partial charge on any atom is -0.351 e. The Kier molecular flexibility index (Phi) is 3.66. The van der Waals surface area contributed by atoms with Crippen LogP contribution in [-0.4, -0.2) is 32.5 Å². The largest absolute Gasteiger partial charge is 0.351 e. The van der Waals surface area contributed by atoms with Crippen molar-refractivity contribution in [2.45, 2.75) is 19.9 Å². The zero-order valence-electron chi connectivity index (χ0n) is 10.4. The molecule has 0 aliphatic carbocycles. The molecule has 2 heterocycles. The summed E-state index contributed by atoms with van der Waals surface area (Å²) in [6.07, 6.45) is 3.69. The lowest BCUT2D eigenvalue weighted by atomic mass is 10.3. The highest BCUT2D eigenvalue weighted by molar-refractivity contribution is 9.09. The molecule has 0 atom stereocenters. The Morgan fingerprint density at radius 1 is 1.41 bits per heavy atom. The molecule has 2 rings (SSSR count). The van der Waals surface area contributed by atoms with Crippen LogP contribution in [0.4, 0.5) is 5.82 Å². The van der Waals surface area contributed by atoms with Gasteiger partial charge in [-0.3, -0.25) is 0 Å². The Bertz CT molecular complexity index is 506. The summed E-state index contributed by atoms with van der Waals surface area (Å²) in [5.41, 5.74) is 2.10. The van der Waals surface area contributed by atoms with Gasteiger partial charge in [0.05, 0.1) is 11.8 Å². The molecule has 4 nitrogen and oxygen atoms in total. The van der Waals surface area contributed by atoms with E-state index in [0.717, 1.165) is 28.7 Å². The summed E-state index contributed by atoms with van der Waals surface area (Å²) in [5.74, 6) is 0.970. The lowest BCUT2D eigenvalue weighted by Crippen LogP contribution is -2.33. The highest BCUT2D eigenvalue weighted by Gasteiger charge is 2.16. The molecule has 0 aromatic carbocycles. The van der Waals surface area contributed by atoms with Crippen LogP contribution >= 0.6 is 15.9 Å². The van der Waals surface area contributed by atoms with Gasteiger partial charge in [-0.25, -0.2) is 9.97 Å². The summed E-state index contributed by atoms with van der Waals surface area (Å²) in [4.78, 5) is 11.2. The molecular weight excluding hydrogens is 280 g/mol. The molecule has 5 heteroatoms. The number of hydrogen-bond donors (Lipinski definition) is 0. The third-order valence-corrected chi connectivity index (χ3v) is 3.20. The molecule has 2 aromatic heterocycles. The van der Waals surface area contributed by atoms with Crippen molar-refractivity contribution in [3.8, 4) is 0 Å². The van der Waals surface area contributed by atoms with Gasteiger partial charge in [0.15, 0.2) is 5.82 Å². The van der Waals surface area contributed by atoms with Crippen molar-refractivity contribution in [1.82, 2.24) is 14.5 Å². The zero-order chi connectivity index (χ0) is 12.4. The third-order valence-electron chi connectivity index (χ3n) is 2.84. The van der Waals surface area contributed by atoms with Crippen LogP contribution in [0.25, 0.3) is 11.0 Å². The molecule has 0 aliphatic heterocycles. The van der Waals surface area contributed by atoms with E-state index < -0.39 is 0 Å². The quantitative estimate of drug-likeness (QED) is 0.813. The fraction of sp³-hybridized carbons (Fsp3) is 0.500. The van der Waals surface area contributed by atoms with E-state index in [1.165, 1.54) is 0 Å². The topological polar surface area (TPSA) is 34.0 Å². The van der Waals surface area contributed by atoms with Gasteiger partial charge in [0.25, 0.3) is 0 Å².